The van der Waals surface area contributed by atoms with E-state index in [0.717, 1.165) is 31.3 Å². The van der Waals surface area contributed by atoms with Crippen molar-refractivity contribution in [1.82, 2.24) is 14.8 Å². The maximum Gasteiger partial charge on any atom is 0.269 e. The van der Waals surface area contributed by atoms with Gasteiger partial charge in [0.1, 0.15) is 0 Å². The van der Waals surface area contributed by atoms with Crippen LogP contribution in [0.15, 0.2) is 41.3 Å². The molecule has 5 rings (SSSR count). The van der Waals surface area contributed by atoms with Crippen LogP contribution in [0.2, 0.25) is 0 Å². The number of nitro groups is 1. The Kier molecular flexibility index (Phi) is 7.17. The Bertz CT molecular complexity index is 1730. The van der Waals surface area contributed by atoms with Gasteiger partial charge in [-0.3, -0.25) is 19.7 Å². The Labute approximate surface area is 236 Å². The highest BCUT2D eigenvalue weighted by atomic mass is 32.2. The lowest BCUT2D eigenvalue weighted by atomic mass is 10.0. The Balaban J connectivity index is 1.47. The number of aromatic amines is 1. The van der Waals surface area contributed by atoms with Crippen molar-refractivity contribution >= 4 is 44.7 Å². The molecule has 0 unspecified atom stereocenters. The number of nitro benzene ring substituents is 1. The van der Waals surface area contributed by atoms with Crippen molar-refractivity contribution in [2.75, 3.05) is 38.5 Å². The first kappa shape index (κ1) is 28.1. The number of nitrogens with zero attached hydrogens (tertiary/aromatic N) is 3. The van der Waals surface area contributed by atoms with Crippen LogP contribution in [0, 0.1) is 24.0 Å². The van der Waals surface area contributed by atoms with Gasteiger partial charge in [0.2, 0.25) is 0 Å². The molecule has 0 atom stereocenters. The Hall–Kier alpha value is -4.49. The highest BCUT2D eigenvalue weighted by molar-refractivity contribution is 7.90. The van der Waals surface area contributed by atoms with Gasteiger partial charge in [0.05, 0.1) is 26.7 Å². The van der Waals surface area contributed by atoms with Crippen molar-refractivity contribution in [3.63, 3.8) is 0 Å². The number of sulfone groups is 1. The number of amides is 2. The summed E-state index contributed by atoms with van der Waals surface area (Å²) in [4.78, 5) is 43.7. The molecule has 0 saturated carbocycles. The number of non-ortho nitro benzene ring substituents is 1. The van der Waals surface area contributed by atoms with E-state index in [4.69, 9.17) is 0 Å². The molecule has 2 aliphatic heterocycles. The first-order valence-electron chi connectivity index (χ1n) is 12.9. The molecule has 2 aliphatic rings. The topological polar surface area (TPSA) is 169 Å². The molecule has 0 bridgehead atoms. The van der Waals surface area contributed by atoms with Crippen molar-refractivity contribution in [2.24, 2.45) is 0 Å². The third kappa shape index (κ3) is 5.33. The zero-order valence-electron chi connectivity index (χ0n) is 22.7. The van der Waals surface area contributed by atoms with Gasteiger partial charge in [0.25, 0.3) is 17.5 Å². The molecule has 2 amide bonds. The quantitative estimate of drug-likeness (QED) is 0.255. The molecular weight excluding hydrogens is 550 g/mol. The number of aromatic nitrogens is 1. The number of piperazine rings is 1. The molecule has 2 N–H and O–H groups in total. The Morgan fingerprint density at radius 2 is 1.80 bits per heavy atom. The van der Waals surface area contributed by atoms with Gasteiger partial charge in [-0.2, -0.15) is 0 Å². The number of rotatable bonds is 6. The molecule has 0 aliphatic carbocycles. The number of benzene rings is 2. The Morgan fingerprint density at radius 1 is 1.10 bits per heavy atom. The third-order valence-corrected chi connectivity index (χ3v) is 9.17. The minimum atomic E-state index is -4.10. The van der Waals surface area contributed by atoms with E-state index in [0.29, 0.717) is 46.9 Å². The average molecular weight is 579 g/mol. The number of hydrogen-bond acceptors (Lipinski definition) is 8. The number of fused-ring (bicyclic) bond motifs is 1. The van der Waals surface area contributed by atoms with E-state index in [1.165, 1.54) is 18.2 Å². The zero-order chi connectivity index (χ0) is 29.6. The lowest BCUT2D eigenvalue weighted by molar-refractivity contribution is -0.385. The highest BCUT2D eigenvalue weighted by Gasteiger charge is 2.29. The van der Waals surface area contributed by atoms with Crippen LogP contribution in [0.25, 0.3) is 11.6 Å². The van der Waals surface area contributed by atoms with Crippen molar-refractivity contribution in [3.8, 4) is 5.75 Å². The number of H-pyrrole nitrogens is 1. The van der Waals surface area contributed by atoms with Gasteiger partial charge >= 0.3 is 0 Å². The van der Waals surface area contributed by atoms with E-state index in [-0.39, 0.29) is 27.6 Å². The monoisotopic (exact) mass is 578 g/mol. The number of hydrogen-bond donors (Lipinski definition) is 2. The summed E-state index contributed by atoms with van der Waals surface area (Å²) in [5.74, 6) is -1.89. The number of anilines is 1. The summed E-state index contributed by atoms with van der Waals surface area (Å²) in [7, 11) is -2.09. The van der Waals surface area contributed by atoms with E-state index >= 15 is 0 Å². The Morgan fingerprint density at radius 3 is 2.49 bits per heavy atom. The first-order chi connectivity index (χ1) is 19.4. The number of carbonyl (C=O) groups excluding carboxylic acids is 2. The summed E-state index contributed by atoms with van der Waals surface area (Å²) in [6.45, 7) is 6.40. The molecule has 13 heteroatoms. The fourth-order valence-corrected chi connectivity index (χ4v) is 6.51. The second kappa shape index (κ2) is 10.5. The van der Waals surface area contributed by atoms with Gasteiger partial charge in [0.15, 0.2) is 9.84 Å². The summed E-state index contributed by atoms with van der Waals surface area (Å²) in [5.41, 5.74) is 2.80. The van der Waals surface area contributed by atoms with Crippen molar-refractivity contribution < 1.29 is 28.0 Å². The molecule has 12 nitrogen and oxygen atoms in total. The molecule has 214 valence electrons. The van der Waals surface area contributed by atoms with E-state index < -0.39 is 32.2 Å². The summed E-state index contributed by atoms with van der Waals surface area (Å²) >= 11 is 0. The van der Waals surface area contributed by atoms with Crippen LogP contribution in [0.4, 0.5) is 11.4 Å². The maximum atomic E-state index is 13.3. The van der Waals surface area contributed by atoms with E-state index in [1.807, 2.05) is 11.9 Å². The van der Waals surface area contributed by atoms with Gasteiger partial charge in [-0.15, -0.1) is 5.75 Å². The van der Waals surface area contributed by atoms with Crippen LogP contribution in [-0.2, 0) is 20.4 Å². The third-order valence-electron chi connectivity index (χ3n) is 7.50. The van der Waals surface area contributed by atoms with Crippen molar-refractivity contribution in [1.29, 1.82) is 0 Å². The number of aryl methyl sites for hydroxylation is 1. The maximum absolute atomic E-state index is 13.3. The molecule has 3 aromatic rings. The molecule has 41 heavy (non-hydrogen) atoms. The zero-order valence-corrected chi connectivity index (χ0v) is 23.5. The SMILES string of the molecule is Cc1[nH]c(/C=C2\C(=O)Nc3ccc(S(=O)(=O)Cc4cc([N+](=O)[O-])ccc4[O-])cc32)c(C)c1C(=O)N1CCN(C)CC1. The molecule has 1 fully saturated rings. The summed E-state index contributed by atoms with van der Waals surface area (Å²) < 4.78 is 26.5. The van der Waals surface area contributed by atoms with Crippen LogP contribution < -0.4 is 10.4 Å². The fraction of sp³-hybridized carbons (Fsp3) is 0.286. The predicted molar refractivity (Wildman–Crippen MR) is 150 cm³/mol. The van der Waals surface area contributed by atoms with E-state index in [9.17, 15) is 33.2 Å². The summed E-state index contributed by atoms with van der Waals surface area (Å²) in [5, 5.41) is 26.1. The van der Waals surface area contributed by atoms with Crippen LogP contribution in [-0.4, -0.2) is 73.2 Å². The van der Waals surface area contributed by atoms with Gasteiger partial charge in [-0.05, 0) is 56.3 Å². The summed E-state index contributed by atoms with van der Waals surface area (Å²) in [6, 6.07) is 7.07. The molecule has 0 spiro atoms. The van der Waals surface area contributed by atoms with Crippen molar-refractivity contribution in [3.05, 3.63) is 80.2 Å². The second-order valence-corrected chi connectivity index (χ2v) is 12.3. The molecule has 1 saturated heterocycles. The minimum Gasteiger partial charge on any atom is -0.872 e. The molecule has 2 aromatic carbocycles. The smallest absolute Gasteiger partial charge is 0.269 e. The minimum absolute atomic E-state index is 0.0856. The molecular formula is C28H28N5O7S-. The van der Waals surface area contributed by atoms with Gasteiger partial charge in [0, 0.05) is 61.0 Å². The second-order valence-electron chi connectivity index (χ2n) is 10.3. The largest absolute Gasteiger partial charge is 0.872 e. The lowest BCUT2D eigenvalue weighted by Gasteiger charge is -2.32. The number of carbonyl (C=O) groups is 2. The summed E-state index contributed by atoms with van der Waals surface area (Å²) in [6.07, 6.45) is 1.59. The van der Waals surface area contributed by atoms with Crippen molar-refractivity contribution in [2.45, 2.75) is 24.5 Å². The molecule has 1 aromatic heterocycles. The van der Waals surface area contributed by atoms with Gasteiger partial charge in [-0.1, -0.05) is 6.07 Å². The standard InChI is InChI=1S/C28H29N5O7S/c1-16-24(29-17(2)26(16)28(36)32-10-8-31(3)9-11-32)14-22-21-13-20(5-6-23(21)30-27(22)35)41(39,40)15-18-12-19(33(37)38)4-7-25(18)34/h4-7,12-14,29,34H,8-11,15H2,1-3H3,(H,30,35)/p-1/b22-14-. The van der Waals surface area contributed by atoms with E-state index in [1.54, 1.807) is 19.9 Å². The lowest BCUT2D eigenvalue weighted by Crippen LogP contribution is -2.47. The fourth-order valence-electron chi connectivity index (χ4n) is 5.14. The first-order valence-corrected chi connectivity index (χ1v) is 14.5. The number of nitrogens with one attached hydrogen (secondary N) is 2. The van der Waals surface area contributed by atoms with Gasteiger partial charge < -0.3 is 25.2 Å². The van der Waals surface area contributed by atoms with Crippen LogP contribution in [0.5, 0.6) is 5.75 Å². The normalized spacial score (nSPS) is 16.6. The van der Waals surface area contributed by atoms with Crippen LogP contribution >= 0.6 is 0 Å². The van der Waals surface area contributed by atoms with Crippen LogP contribution in [0.1, 0.15) is 38.4 Å². The van der Waals surface area contributed by atoms with E-state index in [2.05, 4.69) is 15.2 Å². The number of likely N-dealkylation sites (N-methyl/N-ethyl adjacent to an activating group) is 1. The van der Waals surface area contributed by atoms with Crippen LogP contribution in [0.3, 0.4) is 0 Å². The average Bonchev–Trinajstić information content (AvgIpc) is 3.38. The molecule has 3 heterocycles. The molecule has 0 radical (unpaired) electrons. The van der Waals surface area contributed by atoms with Gasteiger partial charge in [-0.25, -0.2) is 8.42 Å². The predicted octanol–water partition coefficient (Wildman–Crippen LogP) is 2.47. The highest BCUT2D eigenvalue weighted by Crippen LogP contribution is 2.37.